The standard InChI is InChI=1S/C15H13BrN3OS/c1-8(2)10-6-21-15(19-10)14-12-9(17-7-18-14)4-5-11(20-3)13(12)16/h4-6,8H,1-3H3. The topological polar surface area (TPSA) is 47.9 Å². The van der Waals surface area contributed by atoms with E-state index in [-0.39, 0.29) is 0 Å². The largest absolute Gasteiger partial charge is 0.496 e. The number of fused-ring (bicyclic) bond motifs is 1. The Labute approximate surface area is 135 Å². The van der Waals surface area contributed by atoms with Gasteiger partial charge >= 0.3 is 0 Å². The fraction of sp³-hybridized carbons (Fsp3) is 0.267. The molecule has 0 unspecified atom stereocenters. The average molecular weight is 363 g/mol. The second kappa shape index (κ2) is 5.69. The van der Waals surface area contributed by atoms with Crippen LogP contribution in [0.5, 0.6) is 5.75 Å². The molecule has 0 fully saturated rings. The van der Waals surface area contributed by atoms with Crippen molar-refractivity contribution in [2.45, 2.75) is 19.8 Å². The molecule has 3 rings (SSSR count). The summed E-state index contributed by atoms with van der Waals surface area (Å²) in [6.07, 6.45) is 2.71. The Morgan fingerprint density at radius 1 is 1.29 bits per heavy atom. The van der Waals surface area contributed by atoms with Crippen molar-refractivity contribution in [3.8, 4) is 16.5 Å². The number of nitrogens with zero attached hydrogens (tertiary/aromatic N) is 3. The molecule has 2 heterocycles. The highest BCUT2D eigenvalue weighted by Gasteiger charge is 2.16. The molecule has 0 aliphatic rings. The Hall–Kier alpha value is -1.53. The Balaban J connectivity index is 2.26. The Morgan fingerprint density at radius 2 is 2.10 bits per heavy atom. The molecule has 0 aliphatic carbocycles. The summed E-state index contributed by atoms with van der Waals surface area (Å²) in [5.41, 5.74) is 2.66. The molecule has 6 heteroatoms. The van der Waals surface area contributed by atoms with Crippen LogP contribution in [0.15, 0.2) is 22.0 Å². The second-order valence-electron chi connectivity index (χ2n) is 4.88. The molecule has 4 nitrogen and oxygen atoms in total. The monoisotopic (exact) mass is 362 g/mol. The van der Waals surface area contributed by atoms with Crippen LogP contribution in [0.4, 0.5) is 0 Å². The molecule has 3 aromatic rings. The van der Waals surface area contributed by atoms with Crippen LogP contribution in [0.25, 0.3) is 21.6 Å². The molecule has 107 valence electrons. The van der Waals surface area contributed by atoms with Crippen molar-refractivity contribution in [1.82, 2.24) is 15.0 Å². The van der Waals surface area contributed by atoms with Gasteiger partial charge in [-0.1, -0.05) is 13.8 Å². The Bertz CT molecular complexity index is 801. The van der Waals surface area contributed by atoms with Gasteiger partial charge in [0.05, 0.1) is 22.8 Å². The average Bonchev–Trinajstić information content (AvgIpc) is 2.97. The van der Waals surface area contributed by atoms with Gasteiger partial charge in [-0.3, -0.25) is 0 Å². The SMILES string of the molecule is COc1ccc2n[c]nc(-c3nc(C(C)C)cs3)c2c1Br. The number of halogens is 1. The maximum Gasteiger partial charge on any atom is 0.199 e. The summed E-state index contributed by atoms with van der Waals surface area (Å²) in [5.74, 6) is 1.14. The van der Waals surface area contributed by atoms with Crippen LogP contribution in [0.3, 0.4) is 0 Å². The number of rotatable bonds is 3. The number of aromatic nitrogens is 3. The molecule has 1 aromatic carbocycles. The molecule has 0 saturated carbocycles. The molecule has 21 heavy (non-hydrogen) atoms. The zero-order valence-electron chi connectivity index (χ0n) is 11.8. The highest BCUT2D eigenvalue weighted by molar-refractivity contribution is 9.10. The van der Waals surface area contributed by atoms with Crippen molar-refractivity contribution in [2.24, 2.45) is 0 Å². The summed E-state index contributed by atoms with van der Waals surface area (Å²) in [5, 5.41) is 3.84. The van der Waals surface area contributed by atoms with Gasteiger partial charge in [0.25, 0.3) is 0 Å². The number of ether oxygens (including phenoxy) is 1. The molecule has 0 N–H and O–H groups in total. The first-order valence-corrected chi connectivity index (χ1v) is 8.15. The molecule has 0 atom stereocenters. The van der Waals surface area contributed by atoms with Crippen molar-refractivity contribution in [3.63, 3.8) is 0 Å². The molecular formula is C15H13BrN3OS. The molecule has 0 aliphatic heterocycles. The first-order chi connectivity index (χ1) is 10.1. The molecular weight excluding hydrogens is 350 g/mol. The molecule has 0 bridgehead atoms. The molecule has 0 amide bonds. The summed E-state index contributed by atoms with van der Waals surface area (Å²) < 4.78 is 6.20. The minimum Gasteiger partial charge on any atom is -0.496 e. The van der Waals surface area contributed by atoms with E-state index in [1.165, 1.54) is 0 Å². The van der Waals surface area contributed by atoms with E-state index < -0.39 is 0 Å². The number of hydrogen-bond donors (Lipinski definition) is 0. The third-order valence-electron chi connectivity index (χ3n) is 3.19. The van der Waals surface area contributed by atoms with Crippen LogP contribution >= 0.6 is 27.3 Å². The van der Waals surface area contributed by atoms with Crippen LogP contribution in [-0.4, -0.2) is 22.1 Å². The maximum absolute atomic E-state index is 5.36. The lowest BCUT2D eigenvalue weighted by atomic mass is 10.1. The third-order valence-corrected chi connectivity index (χ3v) is 4.84. The van der Waals surface area contributed by atoms with E-state index in [1.807, 2.05) is 12.1 Å². The molecule has 0 saturated heterocycles. The van der Waals surface area contributed by atoms with Gasteiger partial charge in [-0.05, 0) is 34.0 Å². The van der Waals surface area contributed by atoms with Gasteiger partial charge in [0.1, 0.15) is 16.5 Å². The maximum atomic E-state index is 5.36. The Morgan fingerprint density at radius 3 is 2.76 bits per heavy atom. The quantitative estimate of drug-likeness (QED) is 0.690. The lowest BCUT2D eigenvalue weighted by Crippen LogP contribution is -1.93. The fourth-order valence-corrected chi connectivity index (χ4v) is 3.68. The predicted molar refractivity (Wildman–Crippen MR) is 87.8 cm³/mol. The van der Waals surface area contributed by atoms with Crippen molar-refractivity contribution < 1.29 is 4.74 Å². The minimum absolute atomic E-state index is 0.394. The van der Waals surface area contributed by atoms with E-state index in [2.05, 4.69) is 56.4 Å². The minimum atomic E-state index is 0.394. The second-order valence-corrected chi connectivity index (χ2v) is 6.53. The zero-order valence-corrected chi connectivity index (χ0v) is 14.2. The number of methoxy groups -OCH3 is 1. The first-order valence-electron chi connectivity index (χ1n) is 6.48. The van der Waals surface area contributed by atoms with E-state index in [0.29, 0.717) is 5.92 Å². The lowest BCUT2D eigenvalue weighted by Gasteiger charge is -2.08. The van der Waals surface area contributed by atoms with Crippen molar-refractivity contribution in [3.05, 3.63) is 34.0 Å². The number of hydrogen-bond acceptors (Lipinski definition) is 5. The summed E-state index contributed by atoms with van der Waals surface area (Å²) in [4.78, 5) is 13.2. The van der Waals surface area contributed by atoms with Crippen LogP contribution in [0.2, 0.25) is 0 Å². The molecule has 2 aromatic heterocycles. The zero-order chi connectivity index (χ0) is 15.0. The number of thiazole rings is 1. The van der Waals surface area contributed by atoms with Crippen molar-refractivity contribution in [2.75, 3.05) is 7.11 Å². The smallest absolute Gasteiger partial charge is 0.199 e. The van der Waals surface area contributed by atoms with Gasteiger partial charge in [0, 0.05) is 10.8 Å². The van der Waals surface area contributed by atoms with E-state index >= 15 is 0 Å². The van der Waals surface area contributed by atoms with E-state index in [0.717, 1.165) is 37.5 Å². The number of benzene rings is 1. The molecule has 0 spiro atoms. The highest BCUT2D eigenvalue weighted by Crippen LogP contribution is 2.38. The lowest BCUT2D eigenvalue weighted by molar-refractivity contribution is 0.413. The van der Waals surface area contributed by atoms with Gasteiger partial charge in [0.2, 0.25) is 0 Å². The fourth-order valence-electron chi connectivity index (χ4n) is 2.02. The van der Waals surface area contributed by atoms with Gasteiger partial charge in [-0.15, -0.1) is 11.3 Å². The summed E-state index contributed by atoms with van der Waals surface area (Å²) in [6, 6.07) is 3.77. The van der Waals surface area contributed by atoms with E-state index in [9.17, 15) is 0 Å². The van der Waals surface area contributed by atoms with Crippen molar-refractivity contribution >= 4 is 38.2 Å². The predicted octanol–water partition coefficient (Wildman–Crippen LogP) is 4.45. The van der Waals surface area contributed by atoms with Gasteiger partial charge in [0.15, 0.2) is 6.33 Å². The first kappa shape index (κ1) is 14.4. The van der Waals surface area contributed by atoms with Crippen LogP contribution < -0.4 is 4.74 Å². The van der Waals surface area contributed by atoms with E-state index in [1.54, 1.807) is 18.4 Å². The van der Waals surface area contributed by atoms with Gasteiger partial charge in [-0.25, -0.2) is 15.0 Å². The third kappa shape index (κ3) is 2.53. The summed E-state index contributed by atoms with van der Waals surface area (Å²) in [6.45, 7) is 4.25. The van der Waals surface area contributed by atoms with Gasteiger partial charge < -0.3 is 4.74 Å². The normalized spacial score (nSPS) is 11.3. The van der Waals surface area contributed by atoms with E-state index in [4.69, 9.17) is 4.74 Å². The van der Waals surface area contributed by atoms with Crippen LogP contribution in [-0.2, 0) is 0 Å². The van der Waals surface area contributed by atoms with Gasteiger partial charge in [-0.2, -0.15) is 0 Å². The van der Waals surface area contributed by atoms with Crippen LogP contribution in [0, 0.1) is 6.33 Å². The van der Waals surface area contributed by atoms with Crippen molar-refractivity contribution in [1.29, 1.82) is 0 Å². The highest BCUT2D eigenvalue weighted by atomic mass is 79.9. The summed E-state index contributed by atoms with van der Waals surface area (Å²) >= 11 is 5.17. The summed E-state index contributed by atoms with van der Waals surface area (Å²) in [7, 11) is 1.64. The Kier molecular flexibility index (Phi) is 3.91. The van der Waals surface area contributed by atoms with Crippen LogP contribution in [0.1, 0.15) is 25.5 Å². The molecule has 1 radical (unpaired) electrons.